The van der Waals surface area contributed by atoms with Crippen molar-refractivity contribution in [3.05, 3.63) is 30.0 Å². The molecule has 3 heterocycles. The van der Waals surface area contributed by atoms with E-state index in [4.69, 9.17) is 9.47 Å². The second-order valence-corrected chi connectivity index (χ2v) is 7.74. The summed E-state index contributed by atoms with van der Waals surface area (Å²) in [6, 6.07) is 6.45. The Hall–Kier alpha value is -1.56. The van der Waals surface area contributed by atoms with Gasteiger partial charge in [-0.3, -0.25) is 4.90 Å². The summed E-state index contributed by atoms with van der Waals surface area (Å²) in [5.74, 6) is 0.935. The van der Waals surface area contributed by atoms with E-state index in [1.807, 2.05) is 0 Å². The normalized spacial score (nSPS) is 19.4. The molecule has 4 rings (SSSR count). The maximum atomic E-state index is 5.45. The molecule has 0 aliphatic carbocycles. The van der Waals surface area contributed by atoms with E-state index < -0.39 is 0 Å². The number of hydrogen-bond acceptors (Lipinski definition) is 4. The molecule has 0 saturated carbocycles. The standard InChI is InChI=1S/C20H29N3O2/c1-21(2)8-6-16-13-22(19-5-4-17(24-3)12-18(16)19)10-11-23-9-7-20(23)14-25-15-20/h4-5,12-13H,6-11,14-15H2,1-3H3. The first kappa shape index (κ1) is 16.9. The highest BCUT2D eigenvalue weighted by molar-refractivity contribution is 5.85. The van der Waals surface area contributed by atoms with E-state index in [1.54, 1.807) is 7.11 Å². The van der Waals surface area contributed by atoms with Gasteiger partial charge in [0.15, 0.2) is 0 Å². The van der Waals surface area contributed by atoms with E-state index in [-0.39, 0.29) is 0 Å². The van der Waals surface area contributed by atoms with Gasteiger partial charge in [0.1, 0.15) is 5.75 Å². The summed E-state index contributed by atoms with van der Waals surface area (Å²) in [4.78, 5) is 4.84. The molecular formula is C20H29N3O2. The van der Waals surface area contributed by atoms with E-state index in [9.17, 15) is 0 Å². The van der Waals surface area contributed by atoms with Crippen LogP contribution >= 0.6 is 0 Å². The van der Waals surface area contributed by atoms with E-state index in [1.165, 1.54) is 29.4 Å². The number of nitrogens with zero attached hydrogens (tertiary/aromatic N) is 3. The molecule has 0 radical (unpaired) electrons. The van der Waals surface area contributed by atoms with E-state index in [0.717, 1.165) is 45.0 Å². The number of likely N-dealkylation sites (tertiary alicyclic amines) is 1. The van der Waals surface area contributed by atoms with Gasteiger partial charge in [0.25, 0.3) is 0 Å². The second kappa shape index (κ2) is 6.63. The number of rotatable bonds is 7. The second-order valence-electron chi connectivity index (χ2n) is 7.74. The zero-order valence-electron chi connectivity index (χ0n) is 15.6. The predicted octanol–water partition coefficient (Wildman–Crippen LogP) is 2.23. The van der Waals surface area contributed by atoms with E-state index >= 15 is 0 Å². The minimum Gasteiger partial charge on any atom is -0.497 e. The van der Waals surface area contributed by atoms with Crippen molar-refractivity contribution in [1.82, 2.24) is 14.4 Å². The van der Waals surface area contributed by atoms with Crippen LogP contribution in [0.25, 0.3) is 10.9 Å². The molecule has 0 bridgehead atoms. The van der Waals surface area contributed by atoms with Gasteiger partial charge in [0.2, 0.25) is 0 Å². The summed E-state index contributed by atoms with van der Waals surface area (Å²) >= 11 is 0. The Kier molecular flexibility index (Phi) is 4.48. The first-order chi connectivity index (χ1) is 12.1. The summed E-state index contributed by atoms with van der Waals surface area (Å²) < 4.78 is 13.3. The van der Waals surface area contributed by atoms with E-state index in [0.29, 0.717) is 5.54 Å². The van der Waals surface area contributed by atoms with Gasteiger partial charge in [-0.25, -0.2) is 0 Å². The molecule has 5 heteroatoms. The minimum absolute atomic E-state index is 0.375. The smallest absolute Gasteiger partial charge is 0.119 e. The fourth-order valence-electron chi connectivity index (χ4n) is 4.03. The lowest BCUT2D eigenvalue weighted by molar-refractivity contribution is -0.192. The van der Waals surface area contributed by atoms with Crippen LogP contribution in [0.4, 0.5) is 0 Å². The highest BCUT2D eigenvalue weighted by Gasteiger charge is 2.50. The van der Waals surface area contributed by atoms with Gasteiger partial charge in [-0.05, 0) is 50.7 Å². The molecule has 2 aromatic rings. The maximum absolute atomic E-state index is 5.45. The molecule has 0 amide bonds. The Morgan fingerprint density at radius 1 is 1.24 bits per heavy atom. The molecule has 1 spiro atoms. The average molecular weight is 343 g/mol. The van der Waals surface area contributed by atoms with Crippen molar-refractivity contribution in [2.45, 2.75) is 24.9 Å². The third-order valence-electron chi connectivity index (χ3n) is 5.87. The Morgan fingerprint density at radius 3 is 2.68 bits per heavy atom. The van der Waals surface area contributed by atoms with Crippen molar-refractivity contribution in [2.24, 2.45) is 0 Å². The Labute approximate surface area is 150 Å². The molecule has 2 aliphatic heterocycles. The van der Waals surface area contributed by atoms with Crippen LogP contribution in [-0.4, -0.2) is 74.0 Å². The van der Waals surface area contributed by atoms with Crippen molar-refractivity contribution in [1.29, 1.82) is 0 Å². The quantitative estimate of drug-likeness (QED) is 0.771. The highest BCUT2D eigenvalue weighted by Crippen LogP contribution is 2.37. The minimum atomic E-state index is 0.375. The average Bonchev–Trinajstić information content (AvgIpc) is 2.88. The zero-order chi connectivity index (χ0) is 17.4. The highest BCUT2D eigenvalue weighted by atomic mass is 16.5. The number of benzene rings is 1. The maximum Gasteiger partial charge on any atom is 0.119 e. The molecule has 2 fully saturated rings. The van der Waals surface area contributed by atoms with Crippen molar-refractivity contribution < 1.29 is 9.47 Å². The van der Waals surface area contributed by atoms with Crippen LogP contribution in [0.2, 0.25) is 0 Å². The van der Waals surface area contributed by atoms with Gasteiger partial charge in [0.05, 0.1) is 25.9 Å². The van der Waals surface area contributed by atoms with Gasteiger partial charge in [-0.15, -0.1) is 0 Å². The van der Waals surface area contributed by atoms with Gasteiger partial charge >= 0.3 is 0 Å². The fourth-order valence-corrected chi connectivity index (χ4v) is 4.03. The summed E-state index contributed by atoms with van der Waals surface area (Å²) in [6.45, 7) is 6.25. The van der Waals surface area contributed by atoms with Crippen LogP contribution in [0, 0.1) is 0 Å². The fraction of sp³-hybridized carbons (Fsp3) is 0.600. The van der Waals surface area contributed by atoms with E-state index in [2.05, 4.69) is 52.9 Å². The number of hydrogen-bond donors (Lipinski definition) is 0. The van der Waals surface area contributed by atoms with Crippen LogP contribution in [-0.2, 0) is 17.7 Å². The molecule has 25 heavy (non-hydrogen) atoms. The van der Waals surface area contributed by atoms with Crippen LogP contribution in [0.5, 0.6) is 5.75 Å². The summed E-state index contributed by atoms with van der Waals surface area (Å²) in [7, 11) is 6.00. The van der Waals surface area contributed by atoms with Crippen LogP contribution < -0.4 is 4.74 Å². The Morgan fingerprint density at radius 2 is 2.08 bits per heavy atom. The van der Waals surface area contributed by atoms with Crippen molar-refractivity contribution >= 4 is 10.9 Å². The monoisotopic (exact) mass is 343 g/mol. The molecule has 0 N–H and O–H groups in total. The van der Waals surface area contributed by atoms with Gasteiger partial charge in [-0.1, -0.05) is 0 Å². The summed E-state index contributed by atoms with van der Waals surface area (Å²) in [6.07, 6.45) is 4.70. The molecule has 2 saturated heterocycles. The number of aromatic nitrogens is 1. The first-order valence-corrected chi connectivity index (χ1v) is 9.25. The summed E-state index contributed by atoms with van der Waals surface area (Å²) in [5.41, 5.74) is 3.10. The van der Waals surface area contributed by atoms with Crippen molar-refractivity contribution in [3.63, 3.8) is 0 Å². The zero-order valence-corrected chi connectivity index (χ0v) is 15.6. The molecule has 1 aromatic carbocycles. The SMILES string of the molecule is COc1ccc2c(c1)c(CCN(C)C)cn2CCN1CCC12COC2. The van der Waals surface area contributed by atoms with Crippen LogP contribution in [0.15, 0.2) is 24.4 Å². The van der Waals surface area contributed by atoms with Crippen molar-refractivity contribution in [3.8, 4) is 5.75 Å². The lowest BCUT2D eigenvalue weighted by Gasteiger charge is -2.57. The first-order valence-electron chi connectivity index (χ1n) is 9.25. The van der Waals surface area contributed by atoms with Gasteiger partial charge in [-0.2, -0.15) is 0 Å². The molecule has 5 nitrogen and oxygen atoms in total. The predicted molar refractivity (Wildman–Crippen MR) is 100 cm³/mol. The van der Waals surface area contributed by atoms with Gasteiger partial charge in [0, 0.05) is 43.3 Å². The Bertz CT molecular complexity index is 743. The topological polar surface area (TPSA) is 29.9 Å². The van der Waals surface area contributed by atoms with Crippen molar-refractivity contribution in [2.75, 3.05) is 54.1 Å². The third kappa shape index (κ3) is 3.05. The molecular weight excluding hydrogens is 314 g/mol. The summed E-state index contributed by atoms with van der Waals surface area (Å²) in [5, 5.41) is 1.33. The number of likely N-dealkylation sites (N-methyl/N-ethyl adjacent to an activating group) is 1. The largest absolute Gasteiger partial charge is 0.497 e. The molecule has 136 valence electrons. The van der Waals surface area contributed by atoms with Crippen LogP contribution in [0.1, 0.15) is 12.0 Å². The molecule has 2 aliphatic rings. The third-order valence-corrected chi connectivity index (χ3v) is 5.87. The molecule has 0 unspecified atom stereocenters. The van der Waals surface area contributed by atoms with Gasteiger partial charge < -0.3 is 18.9 Å². The van der Waals surface area contributed by atoms with Crippen LogP contribution in [0.3, 0.4) is 0 Å². The Balaban J connectivity index is 1.55. The number of fused-ring (bicyclic) bond motifs is 1. The molecule has 1 aromatic heterocycles. The number of ether oxygens (including phenoxy) is 2. The lowest BCUT2D eigenvalue weighted by Crippen LogP contribution is -2.70. The molecule has 0 atom stereocenters. The number of methoxy groups -OCH3 is 1. The lowest BCUT2D eigenvalue weighted by atomic mass is 9.83.